The third-order valence-electron chi connectivity index (χ3n) is 5.74. The van der Waals surface area contributed by atoms with E-state index in [1.54, 1.807) is 4.57 Å². The maximum atomic E-state index is 13.1. The normalized spacial score (nSPS) is 16.5. The molecule has 1 aliphatic rings. The summed E-state index contributed by atoms with van der Waals surface area (Å²) >= 11 is 1.39. The first-order valence-corrected chi connectivity index (χ1v) is 12.1. The number of amides is 1. The lowest BCUT2D eigenvalue weighted by Gasteiger charge is -2.20. The van der Waals surface area contributed by atoms with E-state index in [2.05, 4.69) is 19.4 Å². The van der Waals surface area contributed by atoms with Crippen LogP contribution >= 0.6 is 11.8 Å². The van der Waals surface area contributed by atoms with Gasteiger partial charge in [-0.15, -0.1) is 0 Å². The molecule has 0 bridgehead atoms. The number of aromatic nitrogens is 2. The molecule has 2 aromatic rings. The van der Waals surface area contributed by atoms with E-state index >= 15 is 0 Å². The highest BCUT2D eigenvalue weighted by atomic mass is 32.2. The molecule has 1 saturated carbocycles. The molecule has 1 fully saturated rings. The molecule has 7 heteroatoms. The lowest BCUT2D eigenvalue weighted by Crippen LogP contribution is -3.05. The third kappa shape index (κ3) is 6.08. The highest BCUT2D eigenvalue weighted by Crippen LogP contribution is 2.24. The van der Waals surface area contributed by atoms with Crippen LogP contribution < -0.4 is 15.8 Å². The summed E-state index contributed by atoms with van der Waals surface area (Å²) in [6, 6.07) is 7.74. The first kappa shape index (κ1) is 22.8. The fourth-order valence-electron chi connectivity index (χ4n) is 3.98. The van der Waals surface area contributed by atoms with E-state index in [9.17, 15) is 9.59 Å². The summed E-state index contributed by atoms with van der Waals surface area (Å²) in [4.78, 5) is 32.1. The number of carbonyl (C=O) groups is 1. The first-order valence-electron chi connectivity index (χ1n) is 11.2. The molecule has 3 rings (SSSR count). The molecule has 1 aliphatic carbocycles. The van der Waals surface area contributed by atoms with E-state index in [-0.39, 0.29) is 22.8 Å². The van der Waals surface area contributed by atoms with Crippen LogP contribution in [0.2, 0.25) is 0 Å². The number of quaternary nitrogens is 1. The number of nitrogens with one attached hydrogen (secondary N) is 2. The Morgan fingerprint density at radius 2 is 1.93 bits per heavy atom. The van der Waals surface area contributed by atoms with Crippen molar-refractivity contribution in [3.8, 4) is 0 Å². The molecule has 1 atom stereocenters. The zero-order valence-electron chi connectivity index (χ0n) is 18.4. The SMILES string of the molecule is C[C@@H](Sc1nc2ccccc2c(=O)n1CCC[NH+](C)C)C(=O)NC1CCCCCC1. The summed E-state index contributed by atoms with van der Waals surface area (Å²) < 4.78 is 1.76. The van der Waals surface area contributed by atoms with E-state index in [1.165, 1.54) is 42.3 Å². The standard InChI is InChI=1S/C23H34N4O2S/c1-17(21(28)24-18-11-6-4-5-7-12-18)30-23-25-20-14-9-8-13-19(20)22(29)27(23)16-10-15-26(2)3/h8-9,13-14,17-18H,4-7,10-12,15-16H2,1-3H3,(H,24,28)/p+1/t17-/m1/s1. The van der Waals surface area contributed by atoms with Crippen molar-refractivity contribution in [1.29, 1.82) is 0 Å². The number of hydrogen-bond acceptors (Lipinski definition) is 4. The summed E-state index contributed by atoms with van der Waals surface area (Å²) in [5, 5.41) is 4.20. The summed E-state index contributed by atoms with van der Waals surface area (Å²) in [5.41, 5.74) is 0.670. The largest absolute Gasteiger partial charge is 0.352 e. The number of fused-ring (bicyclic) bond motifs is 1. The Morgan fingerprint density at radius 3 is 2.63 bits per heavy atom. The maximum absolute atomic E-state index is 13.1. The van der Waals surface area contributed by atoms with Gasteiger partial charge in [0.15, 0.2) is 5.16 Å². The molecule has 30 heavy (non-hydrogen) atoms. The summed E-state index contributed by atoms with van der Waals surface area (Å²) in [7, 11) is 4.22. The van der Waals surface area contributed by atoms with Gasteiger partial charge in [0, 0.05) is 19.0 Å². The predicted molar refractivity (Wildman–Crippen MR) is 123 cm³/mol. The molecule has 0 aliphatic heterocycles. The van der Waals surface area contributed by atoms with Crippen molar-refractivity contribution in [2.45, 2.75) is 74.9 Å². The second kappa shape index (κ2) is 11.0. The Bertz CT molecular complexity index is 904. The van der Waals surface area contributed by atoms with Gasteiger partial charge in [-0.1, -0.05) is 49.6 Å². The maximum Gasteiger partial charge on any atom is 0.262 e. The number of thioether (sulfide) groups is 1. The molecule has 6 nitrogen and oxygen atoms in total. The quantitative estimate of drug-likeness (QED) is 0.382. The molecule has 1 aromatic carbocycles. The Hall–Kier alpha value is -1.86. The zero-order valence-corrected chi connectivity index (χ0v) is 19.3. The minimum absolute atomic E-state index is 0.0202. The lowest BCUT2D eigenvalue weighted by atomic mass is 10.1. The number of nitrogens with zero attached hydrogens (tertiary/aromatic N) is 2. The molecule has 0 saturated heterocycles. The molecule has 0 radical (unpaired) electrons. The van der Waals surface area contributed by atoms with Gasteiger partial charge in [0.05, 0.1) is 36.8 Å². The van der Waals surface area contributed by atoms with Gasteiger partial charge in [-0.2, -0.15) is 0 Å². The molecular weight excluding hydrogens is 396 g/mol. The molecule has 2 N–H and O–H groups in total. The van der Waals surface area contributed by atoms with Gasteiger partial charge in [-0.05, 0) is 31.9 Å². The summed E-state index contributed by atoms with van der Waals surface area (Å²) in [6.07, 6.45) is 7.91. The Kier molecular flexibility index (Phi) is 8.33. The lowest BCUT2D eigenvalue weighted by molar-refractivity contribution is -0.858. The second-order valence-electron chi connectivity index (χ2n) is 8.64. The number of rotatable bonds is 8. The summed E-state index contributed by atoms with van der Waals surface area (Å²) in [5.74, 6) is 0.0404. The Labute approximate surface area is 183 Å². The van der Waals surface area contributed by atoms with Crippen molar-refractivity contribution < 1.29 is 9.69 Å². The molecule has 1 aromatic heterocycles. The smallest absolute Gasteiger partial charge is 0.262 e. The average Bonchev–Trinajstić information content (AvgIpc) is 2.98. The van der Waals surface area contributed by atoms with Gasteiger partial charge in [0.2, 0.25) is 5.91 Å². The first-order chi connectivity index (χ1) is 14.5. The van der Waals surface area contributed by atoms with Crippen LogP contribution in [0, 0.1) is 0 Å². The molecule has 164 valence electrons. The van der Waals surface area contributed by atoms with Gasteiger partial charge in [-0.25, -0.2) is 4.98 Å². The Balaban J connectivity index is 1.78. The van der Waals surface area contributed by atoms with Gasteiger partial charge >= 0.3 is 0 Å². The molecule has 1 amide bonds. The van der Waals surface area contributed by atoms with Crippen LogP contribution in [0.4, 0.5) is 0 Å². The second-order valence-corrected chi connectivity index (χ2v) is 9.94. The van der Waals surface area contributed by atoms with Crippen LogP contribution in [0.15, 0.2) is 34.2 Å². The van der Waals surface area contributed by atoms with Gasteiger partial charge in [0.25, 0.3) is 5.56 Å². The van der Waals surface area contributed by atoms with Crippen molar-refractivity contribution in [2.24, 2.45) is 0 Å². The third-order valence-corrected chi connectivity index (χ3v) is 6.83. The minimum atomic E-state index is -0.299. The van der Waals surface area contributed by atoms with Crippen LogP contribution in [-0.4, -0.2) is 47.4 Å². The van der Waals surface area contributed by atoms with Crippen LogP contribution in [0.25, 0.3) is 10.9 Å². The number of carbonyl (C=O) groups excluding carboxylic acids is 1. The van der Waals surface area contributed by atoms with Crippen molar-refractivity contribution in [3.63, 3.8) is 0 Å². The number of hydrogen-bond donors (Lipinski definition) is 2. The van der Waals surface area contributed by atoms with Gasteiger partial charge in [-0.3, -0.25) is 14.2 Å². The zero-order chi connectivity index (χ0) is 21.5. The number of benzene rings is 1. The summed E-state index contributed by atoms with van der Waals surface area (Å²) in [6.45, 7) is 3.49. The van der Waals surface area contributed by atoms with Crippen LogP contribution in [-0.2, 0) is 11.3 Å². The van der Waals surface area contributed by atoms with Crippen molar-refractivity contribution >= 4 is 28.6 Å². The van der Waals surface area contributed by atoms with E-state index in [1.807, 2.05) is 31.2 Å². The fraction of sp³-hybridized carbons (Fsp3) is 0.609. The van der Waals surface area contributed by atoms with Crippen molar-refractivity contribution in [1.82, 2.24) is 14.9 Å². The average molecular weight is 432 g/mol. The van der Waals surface area contributed by atoms with E-state index in [4.69, 9.17) is 4.98 Å². The van der Waals surface area contributed by atoms with Crippen LogP contribution in [0.5, 0.6) is 0 Å². The Morgan fingerprint density at radius 1 is 1.23 bits per heavy atom. The monoisotopic (exact) mass is 431 g/mol. The molecular formula is C23H35N4O2S+. The highest BCUT2D eigenvalue weighted by molar-refractivity contribution is 8.00. The van der Waals surface area contributed by atoms with Gasteiger partial charge < -0.3 is 10.2 Å². The van der Waals surface area contributed by atoms with E-state index < -0.39 is 0 Å². The van der Waals surface area contributed by atoms with Crippen molar-refractivity contribution in [2.75, 3.05) is 20.6 Å². The van der Waals surface area contributed by atoms with E-state index in [0.717, 1.165) is 25.8 Å². The van der Waals surface area contributed by atoms with E-state index in [0.29, 0.717) is 22.6 Å². The topological polar surface area (TPSA) is 68.4 Å². The van der Waals surface area contributed by atoms with Crippen LogP contribution in [0.1, 0.15) is 51.9 Å². The number of para-hydroxylation sites is 1. The molecule has 1 heterocycles. The van der Waals surface area contributed by atoms with Gasteiger partial charge in [0.1, 0.15) is 0 Å². The van der Waals surface area contributed by atoms with Crippen molar-refractivity contribution in [3.05, 3.63) is 34.6 Å². The fourth-order valence-corrected chi connectivity index (χ4v) is 4.92. The molecule has 0 spiro atoms. The molecule has 0 unspecified atom stereocenters. The predicted octanol–water partition coefficient (Wildman–Crippen LogP) is 2.25. The highest BCUT2D eigenvalue weighted by Gasteiger charge is 2.22. The van der Waals surface area contributed by atoms with Crippen LogP contribution in [0.3, 0.4) is 0 Å². The minimum Gasteiger partial charge on any atom is -0.352 e.